The third-order valence-electron chi connectivity index (χ3n) is 3.34. The van der Waals surface area contributed by atoms with E-state index in [-0.39, 0.29) is 0 Å². The third-order valence-corrected chi connectivity index (χ3v) is 4.92. The summed E-state index contributed by atoms with van der Waals surface area (Å²) in [4.78, 5) is 3.00. The molecule has 8 heteroatoms. The normalized spacial score (nSPS) is 17.1. The summed E-state index contributed by atoms with van der Waals surface area (Å²) in [5.74, 6) is 0. The molecule has 0 saturated carbocycles. The van der Waals surface area contributed by atoms with Crippen molar-refractivity contribution in [2.24, 2.45) is 0 Å². The number of aryl methyl sites for hydroxylation is 2. The predicted octanol–water partition coefficient (Wildman–Crippen LogP) is 1.96. The van der Waals surface area contributed by atoms with E-state index in [1.807, 2.05) is 26.0 Å². The van der Waals surface area contributed by atoms with Crippen molar-refractivity contribution in [3.63, 3.8) is 0 Å². The summed E-state index contributed by atoms with van der Waals surface area (Å²) in [6, 6.07) is 3.90. The van der Waals surface area contributed by atoms with Crippen LogP contribution in [-0.4, -0.2) is 44.2 Å². The molecule has 1 aliphatic heterocycles. The standard InChI is InChI=1S/C13H19NO5S2/c1-10-8-13(20-19-21(15,16)17)11(2)7-12(10)9-14-3-5-18-6-4-14/h7-8H,3-6,9H2,1-2H3,(H,15,16,17). The van der Waals surface area contributed by atoms with Crippen LogP contribution in [0.3, 0.4) is 0 Å². The van der Waals surface area contributed by atoms with Crippen LogP contribution in [0.1, 0.15) is 16.7 Å². The maximum atomic E-state index is 10.6. The van der Waals surface area contributed by atoms with Gasteiger partial charge in [-0.05, 0) is 36.6 Å². The van der Waals surface area contributed by atoms with Gasteiger partial charge in [0.2, 0.25) is 0 Å². The summed E-state index contributed by atoms with van der Waals surface area (Å²) >= 11 is 0.651. The van der Waals surface area contributed by atoms with E-state index in [9.17, 15) is 8.42 Å². The minimum Gasteiger partial charge on any atom is -0.379 e. The van der Waals surface area contributed by atoms with Gasteiger partial charge in [-0.1, -0.05) is 6.07 Å². The second-order valence-corrected chi connectivity index (χ2v) is 7.02. The lowest BCUT2D eigenvalue weighted by molar-refractivity contribution is 0.0341. The van der Waals surface area contributed by atoms with Crippen molar-refractivity contribution < 1.29 is 21.3 Å². The zero-order chi connectivity index (χ0) is 15.5. The third kappa shape index (κ3) is 5.24. The fraction of sp³-hybridized carbons (Fsp3) is 0.538. The van der Waals surface area contributed by atoms with Gasteiger partial charge in [0.05, 0.1) is 25.3 Å². The first-order chi connectivity index (χ1) is 9.85. The molecule has 21 heavy (non-hydrogen) atoms. The van der Waals surface area contributed by atoms with Gasteiger partial charge >= 0.3 is 10.4 Å². The molecule has 118 valence electrons. The SMILES string of the molecule is Cc1cc(SOS(=O)(=O)O)c(C)cc1CN1CCOCC1. The van der Waals surface area contributed by atoms with Gasteiger partial charge in [-0.3, -0.25) is 9.45 Å². The largest absolute Gasteiger partial charge is 0.408 e. The Morgan fingerprint density at radius 2 is 1.95 bits per heavy atom. The van der Waals surface area contributed by atoms with E-state index >= 15 is 0 Å². The molecule has 1 aromatic rings. The first-order valence-corrected chi connectivity index (χ1v) is 8.69. The minimum atomic E-state index is -4.44. The van der Waals surface area contributed by atoms with E-state index in [1.54, 1.807) is 0 Å². The zero-order valence-corrected chi connectivity index (χ0v) is 13.7. The van der Waals surface area contributed by atoms with Gasteiger partial charge in [0.1, 0.15) is 0 Å². The van der Waals surface area contributed by atoms with Crippen molar-refractivity contribution in [1.29, 1.82) is 0 Å². The van der Waals surface area contributed by atoms with Crippen molar-refractivity contribution in [3.05, 3.63) is 28.8 Å². The van der Waals surface area contributed by atoms with Gasteiger partial charge in [-0.25, -0.2) is 0 Å². The second kappa shape index (κ2) is 7.08. The van der Waals surface area contributed by atoms with Gasteiger partial charge in [0.25, 0.3) is 0 Å². The van der Waals surface area contributed by atoms with Crippen LogP contribution in [-0.2, 0) is 25.3 Å². The summed E-state index contributed by atoms with van der Waals surface area (Å²) < 4.78 is 39.6. The molecule has 6 nitrogen and oxygen atoms in total. The van der Waals surface area contributed by atoms with Crippen LogP contribution in [0.2, 0.25) is 0 Å². The Hall–Kier alpha value is -0.640. The molecule has 0 aliphatic carbocycles. The molecule has 0 bridgehead atoms. The molecule has 1 fully saturated rings. The lowest BCUT2D eigenvalue weighted by atomic mass is 10.0. The lowest BCUT2D eigenvalue weighted by Gasteiger charge is -2.27. The van der Waals surface area contributed by atoms with Crippen LogP contribution in [0.5, 0.6) is 0 Å². The molecule has 0 atom stereocenters. The number of rotatable bonds is 5. The Bertz CT molecular complexity index is 597. The molecule has 0 spiro atoms. The van der Waals surface area contributed by atoms with Crippen molar-refractivity contribution in [3.8, 4) is 0 Å². The maximum Gasteiger partial charge on any atom is 0.408 e. The summed E-state index contributed by atoms with van der Waals surface area (Å²) in [5, 5.41) is 0. The van der Waals surface area contributed by atoms with Crippen LogP contribution < -0.4 is 0 Å². The molecule has 0 amide bonds. The molecule has 1 N–H and O–H groups in total. The molecule has 2 rings (SSSR count). The van der Waals surface area contributed by atoms with Crippen molar-refractivity contribution in [2.75, 3.05) is 26.3 Å². The summed E-state index contributed by atoms with van der Waals surface area (Å²) in [6.45, 7) is 8.06. The molecule has 1 aliphatic rings. The van der Waals surface area contributed by atoms with Crippen molar-refractivity contribution in [2.45, 2.75) is 25.3 Å². The first kappa shape index (κ1) is 16.7. The van der Waals surface area contributed by atoms with Crippen molar-refractivity contribution in [1.82, 2.24) is 4.90 Å². The molecule has 1 aromatic carbocycles. The number of ether oxygens (including phenoxy) is 1. The van der Waals surface area contributed by atoms with Gasteiger partial charge < -0.3 is 4.74 Å². The fourth-order valence-electron chi connectivity index (χ4n) is 2.19. The second-order valence-electron chi connectivity index (χ2n) is 5.01. The van der Waals surface area contributed by atoms with E-state index in [4.69, 9.17) is 9.29 Å². The van der Waals surface area contributed by atoms with E-state index in [0.29, 0.717) is 16.9 Å². The molecule has 1 heterocycles. The molecule has 1 saturated heterocycles. The highest BCUT2D eigenvalue weighted by Crippen LogP contribution is 2.28. The molecule has 0 aromatic heterocycles. The highest BCUT2D eigenvalue weighted by molar-refractivity contribution is 8.02. The first-order valence-electron chi connectivity index (χ1n) is 6.59. The smallest absolute Gasteiger partial charge is 0.379 e. The Labute approximate surface area is 129 Å². The van der Waals surface area contributed by atoms with Crippen molar-refractivity contribution >= 4 is 22.4 Å². The van der Waals surface area contributed by atoms with E-state index < -0.39 is 10.4 Å². The Kier molecular flexibility index (Phi) is 5.64. The maximum absolute atomic E-state index is 10.6. The van der Waals surface area contributed by atoms with Gasteiger partial charge in [-0.2, -0.15) is 12.0 Å². The lowest BCUT2D eigenvalue weighted by Crippen LogP contribution is -2.35. The van der Waals surface area contributed by atoms with Gasteiger partial charge in [-0.15, -0.1) is 0 Å². The number of morpholine rings is 1. The number of hydrogen-bond donors (Lipinski definition) is 1. The number of nitrogens with zero attached hydrogens (tertiary/aromatic N) is 1. The Morgan fingerprint density at radius 1 is 1.29 bits per heavy atom. The van der Waals surface area contributed by atoms with Crippen LogP contribution in [0.15, 0.2) is 17.0 Å². The quantitative estimate of drug-likeness (QED) is 0.652. The molecular weight excluding hydrogens is 314 g/mol. The van der Waals surface area contributed by atoms with Crippen LogP contribution in [0, 0.1) is 13.8 Å². The average molecular weight is 333 g/mol. The minimum absolute atomic E-state index is 0.651. The summed E-state index contributed by atoms with van der Waals surface area (Å²) in [6.07, 6.45) is 0. The number of hydrogen-bond acceptors (Lipinski definition) is 6. The average Bonchev–Trinajstić information content (AvgIpc) is 2.41. The fourth-order valence-corrected chi connectivity index (χ4v) is 3.24. The van der Waals surface area contributed by atoms with Crippen LogP contribution in [0.4, 0.5) is 0 Å². The number of benzene rings is 1. The van der Waals surface area contributed by atoms with E-state index in [0.717, 1.165) is 44.0 Å². The Balaban J connectivity index is 2.08. The van der Waals surface area contributed by atoms with Crippen LogP contribution >= 0.6 is 12.0 Å². The van der Waals surface area contributed by atoms with E-state index in [2.05, 4.69) is 8.53 Å². The Morgan fingerprint density at radius 3 is 2.57 bits per heavy atom. The summed E-state index contributed by atoms with van der Waals surface area (Å²) in [7, 11) is -4.44. The predicted molar refractivity (Wildman–Crippen MR) is 80.5 cm³/mol. The molecule has 0 unspecified atom stereocenters. The topological polar surface area (TPSA) is 76.1 Å². The zero-order valence-electron chi connectivity index (χ0n) is 12.0. The van der Waals surface area contributed by atoms with Gasteiger partial charge in [0, 0.05) is 24.5 Å². The molecular formula is C13H19NO5S2. The highest BCUT2D eigenvalue weighted by atomic mass is 32.3. The van der Waals surface area contributed by atoms with Gasteiger partial charge in [0.15, 0.2) is 0 Å². The highest BCUT2D eigenvalue weighted by Gasteiger charge is 2.14. The van der Waals surface area contributed by atoms with E-state index in [1.165, 1.54) is 5.56 Å². The molecule has 0 radical (unpaired) electrons. The monoisotopic (exact) mass is 333 g/mol. The van der Waals surface area contributed by atoms with Crippen LogP contribution in [0.25, 0.3) is 0 Å². The summed E-state index contributed by atoms with van der Waals surface area (Å²) in [5.41, 5.74) is 3.18.